The summed E-state index contributed by atoms with van der Waals surface area (Å²) in [5.74, 6) is -0.443. The first-order chi connectivity index (χ1) is 13.8. The highest BCUT2D eigenvalue weighted by molar-refractivity contribution is 5.94. The Morgan fingerprint density at radius 3 is 3.03 bits per heavy atom. The van der Waals surface area contributed by atoms with Crippen LogP contribution in [0.15, 0.2) is 30.6 Å². The number of nitrogens with two attached hydrogens (primary N) is 1. The zero-order valence-corrected chi connectivity index (χ0v) is 15.8. The highest BCUT2D eigenvalue weighted by Crippen LogP contribution is 2.42. The fourth-order valence-electron chi connectivity index (χ4n) is 3.13. The van der Waals surface area contributed by atoms with Gasteiger partial charge in [-0.05, 0) is 26.0 Å². The van der Waals surface area contributed by atoms with Crippen molar-refractivity contribution in [1.29, 1.82) is 0 Å². The van der Waals surface area contributed by atoms with E-state index in [4.69, 9.17) is 15.2 Å². The molecule has 0 bridgehead atoms. The molecule has 2 aromatic heterocycles. The van der Waals surface area contributed by atoms with Gasteiger partial charge in [-0.3, -0.25) is 0 Å². The van der Waals surface area contributed by atoms with Crippen LogP contribution in [0.3, 0.4) is 0 Å². The number of halogens is 1. The van der Waals surface area contributed by atoms with Crippen LogP contribution < -0.4 is 20.5 Å². The number of nitrogens with one attached hydrogen (secondary N) is 1. The molecule has 0 fully saturated rings. The maximum Gasteiger partial charge on any atom is 0.341 e. The van der Waals surface area contributed by atoms with Crippen LogP contribution in [0.4, 0.5) is 10.2 Å². The van der Waals surface area contributed by atoms with Gasteiger partial charge in [-0.2, -0.15) is 5.10 Å². The number of carbonyl (C=O) groups is 1. The lowest BCUT2D eigenvalue weighted by Crippen LogP contribution is -2.48. The Hall–Kier alpha value is -3.40. The van der Waals surface area contributed by atoms with Crippen molar-refractivity contribution in [2.45, 2.75) is 25.5 Å². The Morgan fingerprint density at radius 2 is 2.31 bits per heavy atom. The van der Waals surface area contributed by atoms with Gasteiger partial charge in [0.15, 0.2) is 22.7 Å². The van der Waals surface area contributed by atoms with Gasteiger partial charge in [-0.1, -0.05) is 0 Å². The number of benzene rings is 1. The lowest BCUT2D eigenvalue weighted by molar-refractivity contribution is 0.0119. The van der Waals surface area contributed by atoms with Crippen molar-refractivity contribution in [3.63, 3.8) is 0 Å². The van der Waals surface area contributed by atoms with Gasteiger partial charge >= 0.3 is 5.97 Å². The van der Waals surface area contributed by atoms with E-state index < -0.39 is 23.4 Å². The Labute approximate surface area is 165 Å². The maximum atomic E-state index is 14.2. The van der Waals surface area contributed by atoms with Crippen molar-refractivity contribution >= 4 is 17.4 Å². The molecule has 2 unspecified atom stereocenters. The molecule has 2 atom stereocenters. The van der Waals surface area contributed by atoms with E-state index in [0.29, 0.717) is 22.9 Å². The molecule has 1 aromatic carbocycles. The van der Waals surface area contributed by atoms with Crippen LogP contribution in [0.5, 0.6) is 11.5 Å². The number of fused-ring (bicyclic) bond motifs is 2. The van der Waals surface area contributed by atoms with E-state index in [1.165, 1.54) is 22.8 Å². The Bertz CT molecular complexity index is 1100. The van der Waals surface area contributed by atoms with Crippen molar-refractivity contribution in [2.75, 3.05) is 18.5 Å². The number of aromatic nitrogens is 3. The quantitative estimate of drug-likeness (QED) is 0.595. The monoisotopic (exact) mass is 401 g/mol. The largest absolute Gasteiger partial charge is 0.485 e. The first kappa shape index (κ1) is 18.9. The van der Waals surface area contributed by atoms with Crippen LogP contribution in [-0.2, 0) is 0 Å². The fraction of sp³-hybridized carbons (Fsp3) is 0.316. The molecule has 0 amide bonds. The summed E-state index contributed by atoms with van der Waals surface area (Å²) in [6.07, 6.45) is 2.83. The zero-order chi connectivity index (χ0) is 20.8. The number of anilines is 1. The predicted molar refractivity (Wildman–Crippen MR) is 102 cm³/mol. The zero-order valence-electron chi connectivity index (χ0n) is 15.8. The van der Waals surface area contributed by atoms with Gasteiger partial charge in [0, 0.05) is 24.4 Å². The molecule has 4 N–H and O–H groups in total. The van der Waals surface area contributed by atoms with Crippen molar-refractivity contribution in [1.82, 2.24) is 14.6 Å². The van der Waals surface area contributed by atoms with E-state index in [1.54, 1.807) is 12.3 Å². The van der Waals surface area contributed by atoms with Crippen LogP contribution in [0.2, 0.25) is 0 Å². The highest BCUT2D eigenvalue weighted by atomic mass is 19.1. The maximum absolute atomic E-state index is 14.2. The molecular weight excluding hydrogens is 381 g/mol. The summed E-state index contributed by atoms with van der Waals surface area (Å²) in [7, 11) is 0. The van der Waals surface area contributed by atoms with Gasteiger partial charge < -0.3 is 25.6 Å². The number of nitrogens with zero attached hydrogens (tertiary/aromatic N) is 3. The summed E-state index contributed by atoms with van der Waals surface area (Å²) < 4.78 is 27.3. The van der Waals surface area contributed by atoms with Crippen molar-refractivity contribution < 1.29 is 23.8 Å². The topological polar surface area (TPSA) is 124 Å². The second kappa shape index (κ2) is 6.89. The van der Waals surface area contributed by atoms with Crippen LogP contribution in [0.1, 0.15) is 35.8 Å². The Morgan fingerprint density at radius 1 is 1.52 bits per heavy atom. The highest BCUT2D eigenvalue weighted by Gasteiger charge is 2.34. The Balaban J connectivity index is 1.68. The molecular formula is C19H20FN5O4. The van der Waals surface area contributed by atoms with Crippen LogP contribution in [0.25, 0.3) is 5.65 Å². The van der Waals surface area contributed by atoms with E-state index >= 15 is 0 Å². The first-order valence-electron chi connectivity index (χ1n) is 8.99. The van der Waals surface area contributed by atoms with Gasteiger partial charge in [0.2, 0.25) is 0 Å². The lowest BCUT2D eigenvalue weighted by Gasteiger charge is -2.36. The van der Waals surface area contributed by atoms with E-state index in [0.717, 1.165) is 0 Å². The number of hydrogen-bond acceptors (Lipinski definition) is 7. The predicted octanol–water partition coefficient (Wildman–Crippen LogP) is 2.23. The molecule has 0 spiro atoms. The van der Waals surface area contributed by atoms with E-state index in [1.807, 2.05) is 13.8 Å². The fourth-order valence-corrected chi connectivity index (χ4v) is 3.13. The second-order valence-corrected chi connectivity index (χ2v) is 7.18. The molecule has 152 valence electrons. The van der Waals surface area contributed by atoms with Crippen molar-refractivity contribution in [2.24, 2.45) is 5.73 Å². The van der Waals surface area contributed by atoms with Crippen molar-refractivity contribution in [3.05, 3.63) is 47.5 Å². The van der Waals surface area contributed by atoms with Crippen molar-refractivity contribution in [3.8, 4) is 11.5 Å². The smallest absolute Gasteiger partial charge is 0.341 e. The number of carboxylic acid groups (broad SMARTS) is 1. The minimum atomic E-state index is -1.12. The van der Waals surface area contributed by atoms with Crippen LogP contribution >= 0.6 is 0 Å². The molecule has 0 aliphatic carbocycles. The summed E-state index contributed by atoms with van der Waals surface area (Å²) >= 11 is 0. The molecule has 3 aromatic rings. The van der Waals surface area contributed by atoms with E-state index in [-0.39, 0.29) is 24.4 Å². The Kier molecular flexibility index (Phi) is 4.50. The molecule has 1 aliphatic rings. The minimum Gasteiger partial charge on any atom is -0.485 e. The minimum absolute atomic E-state index is 0.0140. The third-order valence-corrected chi connectivity index (χ3v) is 4.79. The summed E-state index contributed by atoms with van der Waals surface area (Å²) in [6.45, 7) is 4.10. The van der Waals surface area contributed by atoms with Gasteiger partial charge in [-0.25, -0.2) is 18.7 Å². The number of carboxylic acids is 1. The normalized spacial score (nSPS) is 19.2. The lowest BCUT2D eigenvalue weighted by atomic mass is 10.0. The molecule has 1 aliphatic heterocycles. The third kappa shape index (κ3) is 3.42. The molecule has 10 heteroatoms. The average molecular weight is 401 g/mol. The van der Waals surface area contributed by atoms with Gasteiger partial charge in [0.1, 0.15) is 23.8 Å². The number of aromatic carboxylic acids is 1. The molecule has 9 nitrogen and oxygen atoms in total. The SMILES string of the molecule is CC(Nc1ccn2ncc(C(=O)O)c2n1)c1cc(F)cc2c1OC(C)(CN)CO2. The third-order valence-electron chi connectivity index (χ3n) is 4.79. The first-order valence-corrected chi connectivity index (χ1v) is 8.99. The van der Waals surface area contributed by atoms with Gasteiger partial charge in [0.05, 0.1) is 12.2 Å². The molecule has 0 saturated carbocycles. The molecule has 4 rings (SSSR count). The van der Waals surface area contributed by atoms with Gasteiger partial charge in [0.25, 0.3) is 0 Å². The number of hydrogen-bond donors (Lipinski definition) is 3. The molecule has 0 saturated heterocycles. The number of rotatable bonds is 5. The number of ether oxygens (including phenoxy) is 2. The van der Waals surface area contributed by atoms with Crippen LogP contribution in [0, 0.1) is 5.82 Å². The summed E-state index contributed by atoms with van der Waals surface area (Å²) in [5, 5.41) is 16.4. The molecule has 0 radical (unpaired) electrons. The van der Waals surface area contributed by atoms with E-state index in [2.05, 4.69) is 15.4 Å². The summed E-state index contributed by atoms with van der Waals surface area (Å²) in [5.41, 5.74) is 5.80. The summed E-state index contributed by atoms with van der Waals surface area (Å²) in [6, 6.07) is 3.86. The van der Waals surface area contributed by atoms with E-state index in [9.17, 15) is 14.3 Å². The average Bonchev–Trinajstić information content (AvgIpc) is 3.11. The second-order valence-electron chi connectivity index (χ2n) is 7.18. The standard InChI is InChI=1S/C19H20FN5O4/c1-10(23-15-3-4-25-17(24-15)13(7-22-25)18(26)27)12-5-11(20)6-14-16(12)29-19(2,8-21)9-28-14/h3-7,10H,8-9,21H2,1-2H3,(H,23,24)(H,26,27). The molecule has 29 heavy (non-hydrogen) atoms. The summed E-state index contributed by atoms with van der Waals surface area (Å²) in [4.78, 5) is 15.6. The van der Waals surface area contributed by atoms with Gasteiger partial charge in [-0.15, -0.1) is 0 Å². The molecule has 3 heterocycles. The van der Waals surface area contributed by atoms with Crippen LogP contribution in [-0.4, -0.2) is 44.4 Å².